The lowest BCUT2D eigenvalue weighted by molar-refractivity contribution is -0.148. The van der Waals surface area contributed by atoms with Gasteiger partial charge in [0, 0.05) is 37.2 Å². The first-order chi connectivity index (χ1) is 15.1. The highest BCUT2D eigenvalue weighted by Crippen LogP contribution is 2.37. The van der Waals surface area contributed by atoms with Gasteiger partial charge < -0.3 is 20.5 Å². The molecule has 3 N–H and O–H groups in total. The van der Waals surface area contributed by atoms with Crippen molar-refractivity contribution in [2.75, 3.05) is 25.0 Å². The number of nitrogens with zero attached hydrogens (tertiary/aromatic N) is 1. The van der Waals surface area contributed by atoms with Crippen LogP contribution in [0.3, 0.4) is 0 Å². The summed E-state index contributed by atoms with van der Waals surface area (Å²) in [5.41, 5.74) is 0.525. The second-order valence-electron chi connectivity index (χ2n) is 8.67. The van der Waals surface area contributed by atoms with E-state index in [0.717, 1.165) is 5.56 Å². The number of amides is 2. The molecule has 2 heterocycles. The Labute approximate surface area is 184 Å². The van der Waals surface area contributed by atoms with Gasteiger partial charge in [-0.15, -0.1) is 0 Å². The zero-order valence-corrected chi connectivity index (χ0v) is 17.8. The SMILES string of the molecule is CC(C)(C(=O)O)N1C[C@@H](NC(=O)Nc2ccc(F)cc2)[C@H](c2cc3c(cc2F)OCC3)C1. The summed E-state index contributed by atoms with van der Waals surface area (Å²) in [6, 6.07) is 7.36. The predicted molar refractivity (Wildman–Crippen MR) is 114 cm³/mol. The summed E-state index contributed by atoms with van der Waals surface area (Å²) in [4.78, 5) is 26.2. The number of carboxylic acid groups (broad SMARTS) is 1. The number of carboxylic acids is 1. The Morgan fingerprint density at radius 2 is 1.88 bits per heavy atom. The van der Waals surface area contributed by atoms with E-state index in [0.29, 0.717) is 30.0 Å². The normalized spacial score (nSPS) is 20.5. The van der Waals surface area contributed by atoms with Crippen LogP contribution in [0.15, 0.2) is 36.4 Å². The number of carbonyl (C=O) groups is 2. The molecule has 2 atom stereocenters. The van der Waals surface area contributed by atoms with Crippen LogP contribution >= 0.6 is 0 Å². The van der Waals surface area contributed by atoms with Crippen LogP contribution in [0.25, 0.3) is 0 Å². The minimum atomic E-state index is -1.20. The van der Waals surface area contributed by atoms with Gasteiger partial charge in [0.05, 0.1) is 12.6 Å². The van der Waals surface area contributed by atoms with Crippen LogP contribution in [0.1, 0.15) is 30.9 Å². The maximum atomic E-state index is 15.0. The Hall–Kier alpha value is -3.20. The number of benzene rings is 2. The fourth-order valence-corrected chi connectivity index (χ4v) is 4.23. The van der Waals surface area contributed by atoms with Crippen LogP contribution in [0.4, 0.5) is 19.3 Å². The quantitative estimate of drug-likeness (QED) is 0.657. The summed E-state index contributed by atoms with van der Waals surface area (Å²) < 4.78 is 33.5. The van der Waals surface area contributed by atoms with Crippen molar-refractivity contribution < 1.29 is 28.2 Å². The van der Waals surface area contributed by atoms with E-state index in [4.69, 9.17) is 4.74 Å². The van der Waals surface area contributed by atoms with Crippen LogP contribution in [-0.4, -0.2) is 53.3 Å². The number of urea groups is 1. The fraction of sp³-hybridized carbons (Fsp3) is 0.391. The number of hydrogen-bond acceptors (Lipinski definition) is 4. The Bertz CT molecular complexity index is 1040. The monoisotopic (exact) mass is 445 g/mol. The molecule has 9 heteroatoms. The molecule has 0 aromatic heterocycles. The van der Waals surface area contributed by atoms with E-state index in [-0.39, 0.29) is 13.1 Å². The third-order valence-corrected chi connectivity index (χ3v) is 6.26. The molecule has 2 aliphatic rings. The molecule has 2 aromatic rings. The van der Waals surface area contributed by atoms with E-state index in [9.17, 15) is 23.5 Å². The summed E-state index contributed by atoms with van der Waals surface area (Å²) in [6.07, 6.45) is 0.669. The van der Waals surface area contributed by atoms with Crippen LogP contribution in [0, 0.1) is 11.6 Å². The topological polar surface area (TPSA) is 90.9 Å². The average Bonchev–Trinajstić information content (AvgIpc) is 3.35. The first-order valence-corrected chi connectivity index (χ1v) is 10.4. The molecule has 32 heavy (non-hydrogen) atoms. The summed E-state index contributed by atoms with van der Waals surface area (Å²) in [7, 11) is 0. The zero-order chi connectivity index (χ0) is 23.0. The molecule has 1 saturated heterocycles. The predicted octanol–water partition coefficient (Wildman–Crippen LogP) is 3.35. The zero-order valence-electron chi connectivity index (χ0n) is 17.8. The van der Waals surface area contributed by atoms with Gasteiger partial charge in [-0.25, -0.2) is 13.6 Å². The number of nitrogens with one attached hydrogen (secondary N) is 2. The smallest absolute Gasteiger partial charge is 0.323 e. The van der Waals surface area contributed by atoms with Gasteiger partial charge in [-0.2, -0.15) is 0 Å². The van der Waals surface area contributed by atoms with E-state index >= 15 is 0 Å². The van der Waals surface area contributed by atoms with Crippen molar-refractivity contribution in [2.24, 2.45) is 0 Å². The van der Waals surface area contributed by atoms with Crippen LogP contribution in [0.2, 0.25) is 0 Å². The summed E-state index contributed by atoms with van der Waals surface area (Å²) in [5.74, 6) is -1.81. The number of likely N-dealkylation sites (tertiary alicyclic amines) is 1. The highest BCUT2D eigenvalue weighted by Gasteiger charge is 2.45. The molecule has 0 bridgehead atoms. The number of hydrogen-bond donors (Lipinski definition) is 3. The minimum absolute atomic E-state index is 0.230. The van der Waals surface area contributed by atoms with Gasteiger partial charge in [0.25, 0.3) is 0 Å². The second kappa shape index (κ2) is 8.38. The molecule has 2 aromatic carbocycles. The molecule has 4 rings (SSSR count). The summed E-state index contributed by atoms with van der Waals surface area (Å²) in [6.45, 7) is 4.15. The third-order valence-electron chi connectivity index (χ3n) is 6.26. The summed E-state index contributed by atoms with van der Waals surface area (Å²) >= 11 is 0. The molecule has 0 unspecified atom stereocenters. The Morgan fingerprint density at radius 3 is 2.56 bits per heavy atom. The van der Waals surface area contributed by atoms with Crippen molar-refractivity contribution in [1.82, 2.24) is 10.2 Å². The molecule has 0 aliphatic carbocycles. The molecular formula is C23H25F2N3O4. The van der Waals surface area contributed by atoms with Crippen LogP contribution in [0.5, 0.6) is 5.75 Å². The molecule has 170 valence electrons. The number of carbonyl (C=O) groups excluding carboxylic acids is 1. The molecule has 0 spiro atoms. The van der Waals surface area contributed by atoms with E-state index in [1.165, 1.54) is 30.3 Å². The number of anilines is 1. The number of halogens is 2. The van der Waals surface area contributed by atoms with Gasteiger partial charge in [-0.3, -0.25) is 9.69 Å². The first kappa shape index (κ1) is 22.0. The van der Waals surface area contributed by atoms with Crippen LogP contribution < -0.4 is 15.4 Å². The molecule has 2 aliphatic heterocycles. The largest absolute Gasteiger partial charge is 0.493 e. The van der Waals surface area contributed by atoms with Crippen molar-refractivity contribution in [3.63, 3.8) is 0 Å². The van der Waals surface area contributed by atoms with Crippen molar-refractivity contribution in [2.45, 2.75) is 37.8 Å². The lowest BCUT2D eigenvalue weighted by atomic mass is 9.91. The van der Waals surface area contributed by atoms with E-state index in [1.807, 2.05) is 0 Å². The number of fused-ring (bicyclic) bond motifs is 1. The molecule has 2 amide bonds. The van der Waals surface area contributed by atoms with Crippen molar-refractivity contribution in [1.29, 1.82) is 0 Å². The number of aliphatic carboxylic acids is 1. The second-order valence-corrected chi connectivity index (χ2v) is 8.67. The maximum Gasteiger partial charge on any atom is 0.323 e. The molecular weight excluding hydrogens is 420 g/mol. The van der Waals surface area contributed by atoms with Gasteiger partial charge >= 0.3 is 12.0 Å². The van der Waals surface area contributed by atoms with Gasteiger partial charge in [-0.05, 0) is 55.3 Å². The van der Waals surface area contributed by atoms with Crippen molar-refractivity contribution in [3.8, 4) is 5.75 Å². The van der Waals surface area contributed by atoms with E-state index < -0.39 is 41.1 Å². The van der Waals surface area contributed by atoms with Gasteiger partial charge in [0.1, 0.15) is 22.9 Å². The van der Waals surface area contributed by atoms with E-state index in [1.54, 1.807) is 24.8 Å². The minimum Gasteiger partial charge on any atom is -0.493 e. The van der Waals surface area contributed by atoms with Gasteiger partial charge in [0.2, 0.25) is 0 Å². The lowest BCUT2D eigenvalue weighted by Gasteiger charge is -2.31. The molecule has 1 fully saturated rings. The average molecular weight is 445 g/mol. The highest BCUT2D eigenvalue weighted by atomic mass is 19.1. The number of rotatable bonds is 5. The van der Waals surface area contributed by atoms with E-state index in [2.05, 4.69) is 10.6 Å². The highest BCUT2D eigenvalue weighted by molar-refractivity contribution is 5.89. The molecule has 0 saturated carbocycles. The fourth-order valence-electron chi connectivity index (χ4n) is 4.23. The maximum absolute atomic E-state index is 15.0. The standard InChI is InChI=1S/C23H25F2N3O4/c1-23(2,21(29)30)28-11-17(16-9-13-7-8-32-20(13)10-18(16)25)19(12-28)27-22(31)26-15-5-3-14(24)4-6-15/h3-6,9-10,17,19H,7-8,11-12H2,1-2H3,(H,29,30)(H2,26,27,31)/t17-,19+/m0/s1. The Morgan fingerprint density at radius 1 is 1.16 bits per heavy atom. The Kier molecular flexibility index (Phi) is 5.77. The van der Waals surface area contributed by atoms with Gasteiger partial charge in [0.15, 0.2) is 0 Å². The Balaban J connectivity index is 1.59. The third kappa shape index (κ3) is 4.25. The lowest BCUT2D eigenvalue weighted by Crippen LogP contribution is -2.50. The van der Waals surface area contributed by atoms with Crippen molar-refractivity contribution in [3.05, 3.63) is 59.2 Å². The molecule has 0 radical (unpaired) electrons. The summed E-state index contributed by atoms with van der Waals surface area (Å²) in [5, 5.41) is 15.1. The molecule has 7 nitrogen and oxygen atoms in total. The van der Waals surface area contributed by atoms with Gasteiger partial charge in [-0.1, -0.05) is 0 Å². The van der Waals surface area contributed by atoms with Crippen molar-refractivity contribution >= 4 is 17.7 Å². The van der Waals surface area contributed by atoms with Crippen LogP contribution in [-0.2, 0) is 11.2 Å². The first-order valence-electron chi connectivity index (χ1n) is 10.4. The number of ether oxygens (including phenoxy) is 1.